The van der Waals surface area contributed by atoms with E-state index in [0.29, 0.717) is 17.9 Å². The van der Waals surface area contributed by atoms with Crippen LogP contribution in [-0.2, 0) is 0 Å². The minimum atomic E-state index is -1.09. The van der Waals surface area contributed by atoms with Gasteiger partial charge in [-0.05, 0) is 42.3 Å². The van der Waals surface area contributed by atoms with Crippen LogP contribution in [0.1, 0.15) is 24.2 Å². The lowest BCUT2D eigenvalue weighted by atomic mass is 10.0. The van der Waals surface area contributed by atoms with E-state index in [1.807, 2.05) is 6.92 Å². The summed E-state index contributed by atoms with van der Waals surface area (Å²) in [4.78, 5) is 0. The molecule has 2 rings (SSSR count). The van der Waals surface area contributed by atoms with Gasteiger partial charge in [0.15, 0.2) is 0 Å². The lowest BCUT2D eigenvalue weighted by molar-refractivity contribution is 0.218. The number of aliphatic hydroxyl groups is 1. The predicted octanol–water partition coefficient (Wildman–Crippen LogP) is 3.45. The highest BCUT2D eigenvalue weighted by Crippen LogP contribution is 2.26. The fourth-order valence-corrected chi connectivity index (χ4v) is 1.87. The second-order valence-electron chi connectivity index (χ2n) is 4.11. The number of hydrogen-bond donors (Lipinski definition) is 1. The Hall–Kier alpha value is -1.94. The first kappa shape index (κ1) is 13.5. The van der Waals surface area contributed by atoms with E-state index >= 15 is 0 Å². The zero-order valence-corrected chi connectivity index (χ0v) is 10.4. The number of hydrogen-bond acceptors (Lipinski definition) is 2. The molecular weight excluding hydrogens is 250 g/mol. The Morgan fingerprint density at radius 1 is 1.05 bits per heavy atom. The number of rotatable bonds is 4. The van der Waals surface area contributed by atoms with Crippen molar-refractivity contribution in [3.63, 3.8) is 0 Å². The summed E-state index contributed by atoms with van der Waals surface area (Å²) < 4.78 is 31.6. The van der Waals surface area contributed by atoms with E-state index in [1.165, 1.54) is 0 Å². The second kappa shape index (κ2) is 5.80. The molecule has 0 aliphatic heterocycles. The molecule has 0 amide bonds. The number of halogens is 2. The Labute approximate surface area is 110 Å². The van der Waals surface area contributed by atoms with Crippen LogP contribution in [0.3, 0.4) is 0 Å². The zero-order chi connectivity index (χ0) is 13.8. The fourth-order valence-electron chi connectivity index (χ4n) is 1.87. The standard InChI is InChI=1S/C15H14F2O2/c1-2-19-14-5-3-4-10(8-14)15(18)11-6-12(16)9-13(17)7-11/h3-9,15,18H,2H2,1H3. The van der Waals surface area contributed by atoms with E-state index in [9.17, 15) is 13.9 Å². The summed E-state index contributed by atoms with van der Waals surface area (Å²) in [6.07, 6.45) is -1.09. The molecule has 0 aliphatic rings. The molecule has 1 atom stereocenters. The van der Waals surface area contributed by atoms with Gasteiger partial charge < -0.3 is 9.84 Å². The molecule has 19 heavy (non-hydrogen) atoms. The Morgan fingerprint density at radius 2 is 1.74 bits per heavy atom. The van der Waals surface area contributed by atoms with E-state index in [2.05, 4.69) is 0 Å². The van der Waals surface area contributed by atoms with Gasteiger partial charge in [0.1, 0.15) is 23.5 Å². The van der Waals surface area contributed by atoms with Crippen molar-refractivity contribution in [2.24, 2.45) is 0 Å². The molecule has 0 aliphatic carbocycles. The molecule has 2 aromatic rings. The third-order valence-corrected chi connectivity index (χ3v) is 2.69. The first-order valence-electron chi connectivity index (χ1n) is 5.97. The minimum absolute atomic E-state index is 0.172. The predicted molar refractivity (Wildman–Crippen MR) is 68.0 cm³/mol. The van der Waals surface area contributed by atoms with Crippen molar-refractivity contribution in [2.75, 3.05) is 6.61 Å². The van der Waals surface area contributed by atoms with Gasteiger partial charge in [0.25, 0.3) is 0 Å². The van der Waals surface area contributed by atoms with Gasteiger partial charge in [0.05, 0.1) is 6.61 Å². The molecule has 100 valence electrons. The normalized spacial score (nSPS) is 12.2. The van der Waals surface area contributed by atoms with E-state index in [-0.39, 0.29) is 5.56 Å². The lowest BCUT2D eigenvalue weighted by Crippen LogP contribution is -2.02. The summed E-state index contributed by atoms with van der Waals surface area (Å²) in [5.41, 5.74) is 0.696. The van der Waals surface area contributed by atoms with Gasteiger partial charge in [-0.25, -0.2) is 8.78 Å². The van der Waals surface area contributed by atoms with Gasteiger partial charge in [-0.3, -0.25) is 0 Å². The van der Waals surface area contributed by atoms with E-state index in [0.717, 1.165) is 18.2 Å². The highest BCUT2D eigenvalue weighted by atomic mass is 19.1. The fraction of sp³-hybridized carbons (Fsp3) is 0.200. The maximum Gasteiger partial charge on any atom is 0.126 e. The van der Waals surface area contributed by atoms with Crippen molar-refractivity contribution in [3.05, 3.63) is 65.2 Å². The molecule has 0 fully saturated rings. The van der Waals surface area contributed by atoms with Crippen LogP contribution >= 0.6 is 0 Å². The van der Waals surface area contributed by atoms with Gasteiger partial charge in [-0.1, -0.05) is 12.1 Å². The van der Waals surface area contributed by atoms with Crippen LogP contribution in [-0.4, -0.2) is 11.7 Å². The Morgan fingerprint density at radius 3 is 2.37 bits per heavy atom. The molecule has 0 saturated carbocycles. The van der Waals surface area contributed by atoms with Crippen LogP contribution in [0.4, 0.5) is 8.78 Å². The average Bonchev–Trinajstić information content (AvgIpc) is 2.37. The second-order valence-corrected chi connectivity index (χ2v) is 4.11. The maximum absolute atomic E-state index is 13.1. The topological polar surface area (TPSA) is 29.5 Å². The molecule has 0 spiro atoms. The van der Waals surface area contributed by atoms with Crippen LogP contribution in [0.15, 0.2) is 42.5 Å². The molecule has 2 nitrogen and oxygen atoms in total. The van der Waals surface area contributed by atoms with Crippen LogP contribution in [0, 0.1) is 11.6 Å². The molecule has 0 saturated heterocycles. The van der Waals surface area contributed by atoms with E-state index < -0.39 is 17.7 Å². The van der Waals surface area contributed by atoms with Crippen LogP contribution in [0.25, 0.3) is 0 Å². The first-order valence-corrected chi connectivity index (χ1v) is 5.97. The molecule has 0 heterocycles. The molecule has 2 aromatic carbocycles. The number of aliphatic hydroxyl groups excluding tert-OH is 1. The van der Waals surface area contributed by atoms with Crippen molar-refractivity contribution < 1.29 is 18.6 Å². The molecular formula is C15H14F2O2. The monoisotopic (exact) mass is 264 g/mol. The quantitative estimate of drug-likeness (QED) is 0.916. The maximum atomic E-state index is 13.1. The minimum Gasteiger partial charge on any atom is -0.494 e. The summed E-state index contributed by atoms with van der Waals surface area (Å²) in [6.45, 7) is 2.36. The molecule has 0 radical (unpaired) electrons. The van der Waals surface area contributed by atoms with Gasteiger partial charge in [-0.15, -0.1) is 0 Å². The average molecular weight is 264 g/mol. The highest BCUT2D eigenvalue weighted by molar-refractivity contribution is 5.35. The number of ether oxygens (including phenoxy) is 1. The van der Waals surface area contributed by atoms with Gasteiger partial charge >= 0.3 is 0 Å². The first-order chi connectivity index (χ1) is 9.10. The van der Waals surface area contributed by atoms with Gasteiger partial charge in [0.2, 0.25) is 0 Å². The van der Waals surface area contributed by atoms with Crippen LogP contribution in [0.5, 0.6) is 5.75 Å². The summed E-state index contributed by atoms with van der Waals surface area (Å²) in [6, 6.07) is 9.80. The van der Waals surface area contributed by atoms with Crippen molar-refractivity contribution in [1.29, 1.82) is 0 Å². The third-order valence-electron chi connectivity index (χ3n) is 2.69. The highest BCUT2D eigenvalue weighted by Gasteiger charge is 2.13. The van der Waals surface area contributed by atoms with Crippen LogP contribution in [0.2, 0.25) is 0 Å². The third kappa shape index (κ3) is 3.29. The summed E-state index contributed by atoms with van der Waals surface area (Å²) in [5.74, 6) is -0.819. The molecule has 0 aromatic heterocycles. The summed E-state index contributed by atoms with van der Waals surface area (Å²) in [7, 11) is 0. The van der Waals surface area contributed by atoms with Crippen molar-refractivity contribution in [3.8, 4) is 5.75 Å². The largest absolute Gasteiger partial charge is 0.494 e. The summed E-state index contributed by atoms with van der Waals surface area (Å²) in [5, 5.41) is 10.1. The summed E-state index contributed by atoms with van der Waals surface area (Å²) >= 11 is 0. The Bertz CT molecular complexity index is 550. The number of benzene rings is 2. The van der Waals surface area contributed by atoms with Crippen molar-refractivity contribution >= 4 is 0 Å². The van der Waals surface area contributed by atoms with Gasteiger partial charge in [-0.2, -0.15) is 0 Å². The lowest BCUT2D eigenvalue weighted by Gasteiger charge is -2.13. The SMILES string of the molecule is CCOc1cccc(C(O)c2cc(F)cc(F)c2)c1. The Kier molecular flexibility index (Phi) is 4.12. The van der Waals surface area contributed by atoms with E-state index in [4.69, 9.17) is 4.74 Å². The molecule has 0 bridgehead atoms. The molecule has 1 unspecified atom stereocenters. The molecule has 1 N–H and O–H groups in total. The zero-order valence-electron chi connectivity index (χ0n) is 10.4. The van der Waals surface area contributed by atoms with Gasteiger partial charge in [0, 0.05) is 6.07 Å². The Balaban J connectivity index is 2.32. The van der Waals surface area contributed by atoms with Crippen molar-refractivity contribution in [1.82, 2.24) is 0 Å². The van der Waals surface area contributed by atoms with Crippen LogP contribution < -0.4 is 4.74 Å². The molecule has 4 heteroatoms. The smallest absolute Gasteiger partial charge is 0.126 e. The van der Waals surface area contributed by atoms with Crippen molar-refractivity contribution in [2.45, 2.75) is 13.0 Å². The van der Waals surface area contributed by atoms with E-state index in [1.54, 1.807) is 24.3 Å².